The van der Waals surface area contributed by atoms with Crippen LogP contribution in [0.4, 0.5) is 5.82 Å². The SMILES string of the molecule is CC(C)Sc1ccc(NCCNC(=O)c2cccnc2)nn1. The first kappa shape index (κ1) is 16.2. The van der Waals surface area contributed by atoms with E-state index in [1.54, 1.807) is 36.3 Å². The Kier molecular flexibility index (Phi) is 6.14. The van der Waals surface area contributed by atoms with Crippen LogP contribution in [0.25, 0.3) is 0 Å². The molecular formula is C15H19N5OS. The molecule has 2 aromatic rings. The molecule has 116 valence electrons. The normalized spacial score (nSPS) is 10.5. The van der Waals surface area contributed by atoms with Crippen molar-refractivity contribution in [3.05, 3.63) is 42.2 Å². The van der Waals surface area contributed by atoms with Gasteiger partial charge in [0, 0.05) is 30.7 Å². The van der Waals surface area contributed by atoms with Crippen LogP contribution in [0.15, 0.2) is 41.7 Å². The quantitative estimate of drug-likeness (QED) is 0.602. The average Bonchev–Trinajstić information content (AvgIpc) is 2.53. The first-order valence-electron chi connectivity index (χ1n) is 7.07. The maximum absolute atomic E-state index is 11.8. The third-order valence-corrected chi connectivity index (χ3v) is 3.57. The Balaban J connectivity index is 1.71. The van der Waals surface area contributed by atoms with Crippen molar-refractivity contribution in [3.8, 4) is 0 Å². The van der Waals surface area contributed by atoms with Gasteiger partial charge in [-0.05, 0) is 24.3 Å². The monoisotopic (exact) mass is 317 g/mol. The highest BCUT2D eigenvalue weighted by Gasteiger charge is 2.04. The van der Waals surface area contributed by atoms with Crippen LogP contribution in [0.3, 0.4) is 0 Å². The summed E-state index contributed by atoms with van der Waals surface area (Å²) in [4.78, 5) is 15.7. The van der Waals surface area contributed by atoms with Crippen LogP contribution in [0.2, 0.25) is 0 Å². The fraction of sp³-hybridized carbons (Fsp3) is 0.333. The van der Waals surface area contributed by atoms with Crippen molar-refractivity contribution in [1.29, 1.82) is 0 Å². The number of hydrogen-bond donors (Lipinski definition) is 2. The zero-order valence-corrected chi connectivity index (χ0v) is 13.4. The minimum Gasteiger partial charge on any atom is -0.367 e. The Morgan fingerprint density at radius 2 is 2.09 bits per heavy atom. The van der Waals surface area contributed by atoms with Crippen LogP contribution < -0.4 is 10.6 Å². The van der Waals surface area contributed by atoms with Gasteiger partial charge < -0.3 is 10.6 Å². The van der Waals surface area contributed by atoms with E-state index in [4.69, 9.17) is 0 Å². The third kappa shape index (κ3) is 5.33. The molecular weight excluding hydrogens is 298 g/mol. The van der Waals surface area contributed by atoms with Gasteiger partial charge >= 0.3 is 0 Å². The largest absolute Gasteiger partial charge is 0.367 e. The summed E-state index contributed by atoms with van der Waals surface area (Å²) in [6.45, 7) is 5.31. The van der Waals surface area contributed by atoms with E-state index in [9.17, 15) is 4.79 Å². The van der Waals surface area contributed by atoms with Gasteiger partial charge in [-0.15, -0.1) is 22.0 Å². The maximum atomic E-state index is 11.8. The summed E-state index contributed by atoms with van der Waals surface area (Å²) < 4.78 is 0. The molecule has 2 N–H and O–H groups in total. The average molecular weight is 317 g/mol. The fourth-order valence-electron chi connectivity index (χ4n) is 1.68. The highest BCUT2D eigenvalue weighted by molar-refractivity contribution is 7.99. The number of amides is 1. The minimum atomic E-state index is -0.135. The first-order chi connectivity index (χ1) is 10.6. The molecule has 0 fully saturated rings. The van der Waals surface area contributed by atoms with Gasteiger partial charge in [-0.1, -0.05) is 13.8 Å². The van der Waals surface area contributed by atoms with E-state index in [2.05, 4.69) is 39.7 Å². The van der Waals surface area contributed by atoms with Crippen molar-refractivity contribution >= 4 is 23.5 Å². The summed E-state index contributed by atoms with van der Waals surface area (Å²) in [5, 5.41) is 15.6. The maximum Gasteiger partial charge on any atom is 0.252 e. The van der Waals surface area contributed by atoms with Crippen LogP contribution in [0.1, 0.15) is 24.2 Å². The topological polar surface area (TPSA) is 79.8 Å². The number of pyridine rings is 1. The molecule has 22 heavy (non-hydrogen) atoms. The van der Waals surface area contributed by atoms with Gasteiger partial charge in [-0.2, -0.15) is 0 Å². The number of nitrogens with one attached hydrogen (secondary N) is 2. The lowest BCUT2D eigenvalue weighted by molar-refractivity contribution is 0.0955. The van der Waals surface area contributed by atoms with Crippen LogP contribution >= 0.6 is 11.8 Å². The summed E-state index contributed by atoms with van der Waals surface area (Å²) in [6, 6.07) is 7.29. The van der Waals surface area contributed by atoms with Crippen LogP contribution in [0.5, 0.6) is 0 Å². The Morgan fingerprint density at radius 3 is 2.73 bits per heavy atom. The fourth-order valence-corrected chi connectivity index (χ4v) is 2.40. The van der Waals surface area contributed by atoms with Gasteiger partial charge in [-0.3, -0.25) is 9.78 Å². The van der Waals surface area contributed by atoms with Crippen molar-refractivity contribution < 1.29 is 4.79 Å². The predicted octanol–water partition coefficient (Wildman–Crippen LogP) is 2.21. The molecule has 0 atom stereocenters. The summed E-state index contributed by atoms with van der Waals surface area (Å²) >= 11 is 1.67. The van der Waals surface area contributed by atoms with Crippen molar-refractivity contribution in [3.63, 3.8) is 0 Å². The standard InChI is InChI=1S/C15H19N5OS/c1-11(2)22-14-6-5-13(19-20-14)17-8-9-18-15(21)12-4-3-7-16-10-12/h3-7,10-11H,8-9H2,1-2H3,(H,17,19)(H,18,21). The van der Waals surface area contributed by atoms with E-state index < -0.39 is 0 Å². The Bertz CT molecular complexity index is 589. The van der Waals surface area contributed by atoms with Crippen molar-refractivity contribution in [2.75, 3.05) is 18.4 Å². The number of hydrogen-bond acceptors (Lipinski definition) is 6. The van der Waals surface area contributed by atoms with E-state index in [0.29, 0.717) is 29.7 Å². The van der Waals surface area contributed by atoms with Crippen LogP contribution in [0, 0.1) is 0 Å². The molecule has 1 amide bonds. The van der Waals surface area contributed by atoms with Crippen molar-refractivity contribution in [2.24, 2.45) is 0 Å². The molecule has 7 heteroatoms. The number of rotatable bonds is 7. The zero-order valence-electron chi connectivity index (χ0n) is 12.6. The molecule has 0 aliphatic carbocycles. The number of carbonyl (C=O) groups is 1. The molecule has 6 nitrogen and oxygen atoms in total. The molecule has 0 aliphatic heterocycles. The minimum absolute atomic E-state index is 0.135. The number of thioether (sulfide) groups is 1. The van der Waals surface area contributed by atoms with Crippen molar-refractivity contribution in [2.45, 2.75) is 24.1 Å². The smallest absolute Gasteiger partial charge is 0.252 e. The summed E-state index contributed by atoms with van der Waals surface area (Å²) in [5.41, 5.74) is 0.553. The lowest BCUT2D eigenvalue weighted by Crippen LogP contribution is -2.28. The second kappa shape index (κ2) is 8.33. The Hall–Kier alpha value is -2.15. The second-order valence-corrected chi connectivity index (χ2v) is 6.44. The highest BCUT2D eigenvalue weighted by atomic mass is 32.2. The van der Waals surface area contributed by atoms with Gasteiger partial charge in [0.25, 0.3) is 5.91 Å². The zero-order chi connectivity index (χ0) is 15.8. The number of anilines is 1. The lowest BCUT2D eigenvalue weighted by Gasteiger charge is -2.08. The second-order valence-electron chi connectivity index (χ2n) is 4.85. The van der Waals surface area contributed by atoms with Crippen LogP contribution in [-0.4, -0.2) is 39.4 Å². The molecule has 0 saturated heterocycles. The Morgan fingerprint density at radius 1 is 1.23 bits per heavy atom. The molecule has 0 aliphatic rings. The summed E-state index contributed by atoms with van der Waals surface area (Å²) in [7, 11) is 0. The molecule has 0 aromatic carbocycles. The Labute approximate surface area is 134 Å². The van der Waals surface area contributed by atoms with Crippen LogP contribution in [-0.2, 0) is 0 Å². The van der Waals surface area contributed by atoms with E-state index in [0.717, 1.165) is 5.03 Å². The third-order valence-electron chi connectivity index (χ3n) is 2.64. The highest BCUT2D eigenvalue weighted by Crippen LogP contribution is 2.20. The van der Waals surface area contributed by atoms with E-state index in [1.807, 2.05) is 12.1 Å². The molecule has 0 saturated carbocycles. The molecule has 2 aromatic heterocycles. The van der Waals surface area contributed by atoms with E-state index >= 15 is 0 Å². The predicted molar refractivity (Wildman–Crippen MR) is 88.1 cm³/mol. The van der Waals surface area contributed by atoms with Gasteiger partial charge in [0.2, 0.25) is 0 Å². The molecule has 0 bridgehead atoms. The number of carbonyl (C=O) groups excluding carboxylic acids is 1. The van der Waals surface area contributed by atoms with Gasteiger partial charge in [0.1, 0.15) is 10.8 Å². The summed E-state index contributed by atoms with van der Waals surface area (Å²) in [5.74, 6) is 0.563. The molecule has 2 rings (SSSR count). The number of aromatic nitrogens is 3. The van der Waals surface area contributed by atoms with E-state index in [-0.39, 0.29) is 5.91 Å². The van der Waals surface area contributed by atoms with Gasteiger partial charge in [0.15, 0.2) is 0 Å². The van der Waals surface area contributed by atoms with Crippen molar-refractivity contribution in [1.82, 2.24) is 20.5 Å². The molecule has 0 radical (unpaired) electrons. The van der Waals surface area contributed by atoms with E-state index in [1.165, 1.54) is 0 Å². The first-order valence-corrected chi connectivity index (χ1v) is 7.95. The molecule has 2 heterocycles. The number of nitrogens with zero attached hydrogens (tertiary/aromatic N) is 3. The molecule has 0 spiro atoms. The lowest BCUT2D eigenvalue weighted by atomic mass is 10.3. The van der Waals surface area contributed by atoms with Gasteiger partial charge in [0.05, 0.1) is 5.56 Å². The summed E-state index contributed by atoms with van der Waals surface area (Å²) in [6.07, 6.45) is 3.18. The van der Waals surface area contributed by atoms with Gasteiger partial charge in [-0.25, -0.2) is 0 Å². The molecule has 0 unspecified atom stereocenters.